The van der Waals surface area contributed by atoms with Crippen LogP contribution in [0.3, 0.4) is 0 Å². The van der Waals surface area contributed by atoms with Crippen LogP contribution >= 0.6 is 0 Å². The van der Waals surface area contributed by atoms with Crippen LogP contribution < -0.4 is 5.32 Å². The van der Waals surface area contributed by atoms with E-state index in [2.05, 4.69) is 10.3 Å². The molecule has 2 rings (SSSR count). The third-order valence-electron chi connectivity index (χ3n) is 2.72. The fourth-order valence-corrected chi connectivity index (χ4v) is 1.65. The lowest BCUT2D eigenvalue weighted by Crippen LogP contribution is -2.09. The normalized spacial score (nSPS) is 10.4. The summed E-state index contributed by atoms with van der Waals surface area (Å²) in [6.07, 6.45) is 3.62. The van der Waals surface area contributed by atoms with E-state index in [4.69, 9.17) is 0 Å². The summed E-state index contributed by atoms with van der Waals surface area (Å²) in [6, 6.07) is 8.31. The molecule has 116 valence electrons. The van der Waals surface area contributed by atoms with Gasteiger partial charge < -0.3 is 5.32 Å². The number of benzene rings is 1. The SMILES string of the molecule is O=C(C=Cc1cccc([N+](=O)[O-])c1)Nc1ccc([N+](=O)[O-])cn1. The Hall–Kier alpha value is -3.62. The van der Waals surface area contributed by atoms with Crippen molar-refractivity contribution in [1.82, 2.24) is 4.98 Å². The molecule has 1 aromatic carbocycles. The number of pyridine rings is 1. The number of carbonyl (C=O) groups is 1. The Bertz CT molecular complexity index is 786. The van der Waals surface area contributed by atoms with Crippen LogP contribution in [0.2, 0.25) is 0 Å². The zero-order chi connectivity index (χ0) is 16.8. The maximum absolute atomic E-state index is 11.7. The first-order chi connectivity index (χ1) is 11.0. The van der Waals surface area contributed by atoms with E-state index in [0.717, 1.165) is 6.20 Å². The van der Waals surface area contributed by atoms with Gasteiger partial charge in [-0.1, -0.05) is 12.1 Å². The third kappa shape index (κ3) is 4.43. The minimum atomic E-state index is -0.596. The van der Waals surface area contributed by atoms with E-state index in [1.165, 1.54) is 42.5 Å². The lowest BCUT2D eigenvalue weighted by Gasteiger charge is -2.00. The van der Waals surface area contributed by atoms with Crippen molar-refractivity contribution < 1.29 is 14.6 Å². The van der Waals surface area contributed by atoms with Crippen LogP contribution in [0.15, 0.2) is 48.7 Å². The molecule has 9 nitrogen and oxygen atoms in total. The highest BCUT2D eigenvalue weighted by molar-refractivity contribution is 6.01. The average Bonchev–Trinajstić information content (AvgIpc) is 2.53. The molecule has 0 fully saturated rings. The second kappa shape index (κ2) is 6.89. The molecule has 0 aliphatic heterocycles. The number of amides is 1. The predicted molar refractivity (Wildman–Crippen MR) is 81.7 cm³/mol. The number of non-ortho nitro benzene ring substituents is 1. The van der Waals surface area contributed by atoms with E-state index in [1.807, 2.05) is 0 Å². The lowest BCUT2D eigenvalue weighted by molar-refractivity contribution is -0.385. The first kappa shape index (κ1) is 15.8. The van der Waals surface area contributed by atoms with E-state index in [9.17, 15) is 25.0 Å². The molecule has 0 bridgehead atoms. The van der Waals surface area contributed by atoms with Crippen LogP contribution in [0.1, 0.15) is 5.56 Å². The van der Waals surface area contributed by atoms with Gasteiger partial charge in [-0.3, -0.25) is 25.0 Å². The number of hydrogen-bond acceptors (Lipinski definition) is 6. The summed E-state index contributed by atoms with van der Waals surface area (Å²) in [7, 11) is 0. The number of anilines is 1. The number of nitro groups is 2. The van der Waals surface area contributed by atoms with Crippen molar-refractivity contribution in [3.8, 4) is 0 Å². The highest BCUT2D eigenvalue weighted by atomic mass is 16.6. The van der Waals surface area contributed by atoms with Crippen molar-refractivity contribution in [2.75, 3.05) is 5.32 Å². The van der Waals surface area contributed by atoms with Gasteiger partial charge >= 0.3 is 0 Å². The minimum Gasteiger partial charge on any atom is -0.307 e. The lowest BCUT2D eigenvalue weighted by atomic mass is 10.2. The molecule has 1 amide bonds. The molecule has 23 heavy (non-hydrogen) atoms. The molecule has 0 aliphatic rings. The van der Waals surface area contributed by atoms with Crippen LogP contribution in [0.25, 0.3) is 6.08 Å². The topological polar surface area (TPSA) is 128 Å². The van der Waals surface area contributed by atoms with Crippen molar-refractivity contribution >= 4 is 29.2 Å². The van der Waals surface area contributed by atoms with E-state index in [-0.39, 0.29) is 17.2 Å². The number of aromatic nitrogens is 1. The second-order valence-electron chi connectivity index (χ2n) is 4.33. The largest absolute Gasteiger partial charge is 0.307 e. The molecule has 2 aromatic rings. The highest BCUT2D eigenvalue weighted by Gasteiger charge is 2.07. The summed E-state index contributed by atoms with van der Waals surface area (Å²) in [5, 5.41) is 23.6. The van der Waals surface area contributed by atoms with Gasteiger partial charge in [0.05, 0.1) is 9.85 Å². The number of hydrogen-bond donors (Lipinski definition) is 1. The second-order valence-corrected chi connectivity index (χ2v) is 4.33. The van der Waals surface area contributed by atoms with Gasteiger partial charge in [0.25, 0.3) is 11.4 Å². The van der Waals surface area contributed by atoms with Crippen LogP contribution in [0.4, 0.5) is 17.2 Å². The average molecular weight is 314 g/mol. The molecule has 1 N–H and O–H groups in total. The summed E-state index contributed by atoms with van der Waals surface area (Å²) < 4.78 is 0. The van der Waals surface area contributed by atoms with Gasteiger partial charge in [0.1, 0.15) is 12.0 Å². The third-order valence-corrected chi connectivity index (χ3v) is 2.72. The zero-order valence-corrected chi connectivity index (χ0v) is 11.6. The molecule has 0 saturated carbocycles. The van der Waals surface area contributed by atoms with Crippen LogP contribution in [0.5, 0.6) is 0 Å². The number of carbonyl (C=O) groups excluding carboxylic acids is 1. The molecule has 0 atom stereocenters. The Labute approximate surface area is 129 Å². The summed E-state index contributed by atoms with van der Waals surface area (Å²) in [5.74, 6) is -0.359. The molecule has 0 aliphatic carbocycles. The zero-order valence-electron chi connectivity index (χ0n) is 11.6. The van der Waals surface area contributed by atoms with Crippen LogP contribution in [0, 0.1) is 20.2 Å². The number of nitrogens with zero attached hydrogens (tertiary/aromatic N) is 3. The van der Waals surface area contributed by atoms with E-state index < -0.39 is 15.8 Å². The molecule has 0 saturated heterocycles. The maximum Gasteiger partial charge on any atom is 0.287 e. The Morgan fingerprint density at radius 3 is 2.43 bits per heavy atom. The highest BCUT2D eigenvalue weighted by Crippen LogP contribution is 2.14. The Morgan fingerprint density at radius 1 is 1.09 bits per heavy atom. The maximum atomic E-state index is 11.7. The van der Waals surface area contributed by atoms with E-state index in [0.29, 0.717) is 5.56 Å². The van der Waals surface area contributed by atoms with Gasteiger partial charge in [-0.2, -0.15) is 0 Å². The van der Waals surface area contributed by atoms with Crippen LogP contribution in [-0.4, -0.2) is 20.7 Å². The monoisotopic (exact) mass is 314 g/mol. The smallest absolute Gasteiger partial charge is 0.287 e. The first-order valence-corrected chi connectivity index (χ1v) is 6.29. The molecule has 1 aromatic heterocycles. The van der Waals surface area contributed by atoms with E-state index >= 15 is 0 Å². The number of nitro benzene ring substituents is 1. The molecule has 0 unspecified atom stereocenters. The van der Waals surface area contributed by atoms with Gasteiger partial charge in [0.2, 0.25) is 5.91 Å². The van der Waals surface area contributed by atoms with Gasteiger partial charge in [-0.05, 0) is 17.7 Å². The fraction of sp³-hybridized carbons (Fsp3) is 0. The number of rotatable bonds is 5. The number of nitrogens with one attached hydrogen (secondary N) is 1. The Balaban J connectivity index is 2.02. The summed E-state index contributed by atoms with van der Waals surface area (Å²) in [4.78, 5) is 35.5. The fourth-order valence-electron chi connectivity index (χ4n) is 1.65. The minimum absolute atomic E-state index is 0.0791. The molecule has 0 radical (unpaired) electrons. The molecule has 1 heterocycles. The molecule has 0 spiro atoms. The summed E-state index contributed by atoms with van der Waals surface area (Å²) in [6.45, 7) is 0. The molecular weight excluding hydrogens is 304 g/mol. The van der Waals surface area contributed by atoms with Crippen molar-refractivity contribution in [3.05, 3.63) is 74.5 Å². The standard InChI is InChI=1S/C14H10N4O5/c19-14(16-13-6-5-12(9-15-13)18(22)23)7-4-10-2-1-3-11(8-10)17(20)21/h1-9H,(H,15,16,19). The van der Waals surface area contributed by atoms with Crippen LogP contribution in [-0.2, 0) is 4.79 Å². The first-order valence-electron chi connectivity index (χ1n) is 6.29. The molecule has 9 heteroatoms. The summed E-state index contributed by atoms with van der Waals surface area (Å²) in [5.41, 5.74) is 0.228. The van der Waals surface area contributed by atoms with Gasteiger partial charge in [-0.25, -0.2) is 4.98 Å². The summed E-state index contributed by atoms with van der Waals surface area (Å²) >= 11 is 0. The van der Waals surface area contributed by atoms with Crippen molar-refractivity contribution in [3.63, 3.8) is 0 Å². The van der Waals surface area contributed by atoms with Crippen molar-refractivity contribution in [1.29, 1.82) is 0 Å². The van der Waals surface area contributed by atoms with Crippen molar-refractivity contribution in [2.24, 2.45) is 0 Å². The van der Waals surface area contributed by atoms with Crippen molar-refractivity contribution in [2.45, 2.75) is 0 Å². The van der Waals surface area contributed by atoms with Gasteiger partial charge in [0.15, 0.2) is 0 Å². The Kier molecular flexibility index (Phi) is 4.72. The van der Waals surface area contributed by atoms with Gasteiger partial charge in [-0.15, -0.1) is 0 Å². The predicted octanol–water partition coefficient (Wildman–Crippen LogP) is 2.55. The van der Waals surface area contributed by atoms with E-state index in [1.54, 1.807) is 6.07 Å². The Morgan fingerprint density at radius 2 is 1.83 bits per heavy atom. The quantitative estimate of drug-likeness (QED) is 0.513. The van der Waals surface area contributed by atoms with Gasteiger partial charge in [0, 0.05) is 24.3 Å². The molecular formula is C14H10N4O5.